The van der Waals surface area contributed by atoms with Crippen LogP contribution >= 0.6 is 0 Å². The lowest BCUT2D eigenvalue weighted by Gasteiger charge is -2.22. The third-order valence-corrected chi connectivity index (χ3v) is 27.8. The van der Waals surface area contributed by atoms with Crippen LogP contribution in [0.3, 0.4) is 0 Å². The van der Waals surface area contributed by atoms with Gasteiger partial charge in [0.15, 0.2) is 6.29 Å². The Morgan fingerprint density at radius 3 is 0.240 bits per heavy atom. The first kappa shape index (κ1) is 182. The molecule has 0 heterocycles. The molecule has 0 aromatic rings. The summed E-state index contributed by atoms with van der Waals surface area (Å²) in [6.45, 7) is 57.5. The normalized spacial score (nSPS) is 11.1. The molecule has 9 nitrogen and oxygen atoms in total. The van der Waals surface area contributed by atoms with Crippen LogP contribution in [-0.2, 0) is 4.79 Å². The lowest BCUT2D eigenvalue weighted by molar-refractivity contribution is -0.136. The molecule has 0 rings (SSSR count). The average molecular weight is 2150 g/mol. The number of rotatable bonds is 100. The molecule has 928 valence electrons. The van der Waals surface area contributed by atoms with Crippen molar-refractivity contribution in [1.29, 1.82) is 0 Å². The second-order valence-corrected chi connectivity index (χ2v) is 44.7. The quantitative estimate of drug-likeness (QED) is 0.0217. The molecule has 8 N–H and O–H groups in total. The van der Waals surface area contributed by atoms with Crippen LogP contribution in [0.4, 0.5) is 0 Å². The second kappa shape index (κ2) is 208. The van der Waals surface area contributed by atoms with Gasteiger partial charge in [0.25, 0.3) is 0 Å². The molecule has 0 radical (unpaired) electrons. The lowest BCUT2D eigenvalue weighted by Crippen LogP contribution is -2.46. The minimum absolute atomic E-state index is 0.0258. The van der Waals surface area contributed by atoms with Crippen LogP contribution in [-0.4, -0.2) is 97.5 Å². The van der Waals surface area contributed by atoms with Gasteiger partial charge in [-0.3, -0.25) is 0 Å². The van der Waals surface area contributed by atoms with Gasteiger partial charge < -0.3 is 45.6 Å². The minimum atomic E-state index is -1.79. The highest BCUT2D eigenvalue weighted by Gasteiger charge is 2.29. The highest BCUT2D eigenvalue weighted by Crippen LogP contribution is 2.19. The zero-order valence-electron chi connectivity index (χ0n) is 111. The Kier molecular flexibility index (Phi) is 253. The van der Waals surface area contributed by atoms with Crippen LogP contribution in [0.5, 0.6) is 0 Å². The minimum Gasteiger partial charge on any atom is -0.394 e. The van der Waals surface area contributed by atoms with Gasteiger partial charge in [0.05, 0.1) is 19.8 Å². The van der Waals surface area contributed by atoms with Crippen molar-refractivity contribution in [3.63, 3.8) is 0 Å². The Balaban J connectivity index is -0.000000100. The first-order chi connectivity index (χ1) is 73.2. The monoisotopic (exact) mass is 2150 g/mol. The van der Waals surface area contributed by atoms with E-state index in [1.54, 1.807) is 0 Å². The maximum atomic E-state index is 9.90. The van der Waals surface area contributed by atoms with Gasteiger partial charge in [-0.05, 0) is 0 Å². The topological polar surface area (TPSA) is 179 Å². The van der Waals surface area contributed by atoms with E-state index in [-0.39, 0.29) is 19.5 Å². The molecular weight excluding hydrogens is 1840 g/mol. The number of aliphatic hydroxyl groups excluding tert-OH is 8. The molecule has 0 aromatic carbocycles. The standard InChI is InChI=1S/C12H26.12C10H22.C6H12O6.C3H8O3/c1-3-5-7-9-11-12-10-8-6-4-2;12*1-3-5-7-9-10-8-6-4-2;7-1-3(9)5(11)6(12)4(10)2-8;4-1-3(6)2-5/h3-12H2,1-2H3;12*3-10H2,1-2H3;1,3-6,8-12H,2H2;3-6H,1-2H2/t;;;;;;;;;;;;;3-,4+,5+,6+;/m.............0./s1. The second-order valence-electron chi connectivity index (χ2n) is 44.7. The van der Waals surface area contributed by atoms with Gasteiger partial charge in [-0.25, -0.2) is 0 Å². The molecule has 9 heteroatoms. The molecule has 0 saturated carbocycles. The lowest BCUT2D eigenvalue weighted by atomic mass is 10.0. The van der Waals surface area contributed by atoms with Crippen molar-refractivity contribution < 1.29 is 45.6 Å². The van der Waals surface area contributed by atoms with Gasteiger partial charge in [-0.2, -0.15) is 0 Å². The fourth-order valence-corrected chi connectivity index (χ4v) is 16.7. The van der Waals surface area contributed by atoms with E-state index in [2.05, 4.69) is 180 Å². The van der Waals surface area contributed by atoms with Crippen molar-refractivity contribution in [2.75, 3.05) is 19.8 Å². The Bertz CT molecular complexity index is 1370. The van der Waals surface area contributed by atoms with Gasteiger partial charge in [0.1, 0.15) is 30.5 Å². The van der Waals surface area contributed by atoms with Crippen LogP contribution < -0.4 is 0 Å². The van der Waals surface area contributed by atoms with Crippen LogP contribution in [0, 0.1) is 0 Å². The summed E-state index contributed by atoms with van der Waals surface area (Å²) in [7, 11) is 0. The highest BCUT2D eigenvalue weighted by atomic mass is 16.4. The fraction of sp³-hybridized carbons (Fsp3) is 0.993. The van der Waals surface area contributed by atoms with E-state index in [1.165, 1.54) is 681 Å². The van der Waals surface area contributed by atoms with Crippen LogP contribution in [0.15, 0.2) is 0 Å². The van der Waals surface area contributed by atoms with Crippen molar-refractivity contribution >= 4 is 6.29 Å². The van der Waals surface area contributed by atoms with E-state index < -0.39 is 37.1 Å². The van der Waals surface area contributed by atoms with Crippen LogP contribution in [0.25, 0.3) is 0 Å². The Morgan fingerprint density at radius 2 is 0.193 bits per heavy atom. The third-order valence-electron chi connectivity index (χ3n) is 27.8. The van der Waals surface area contributed by atoms with E-state index in [9.17, 15) is 4.79 Å². The molecule has 0 spiro atoms. The smallest absolute Gasteiger partial charge is 0.151 e. The molecule has 0 unspecified atom stereocenters. The highest BCUT2D eigenvalue weighted by molar-refractivity contribution is 5.56. The van der Waals surface area contributed by atoms with Gasteiger partial charge in [0.2, 0.25) is 0 Å². The summed E-state index contributed by atoms with van der Waals surface area (Å²) < 4.78 is 0. The number of hydrogen-bond acceptors (Lipinski definition) is 9. The maximum absolute atomic E-state index is 9.90. The van der Waals surface area contributed by atoms with Gasteiger partial charge >= 0.3 is 0 Å². The number of carbonyl (C=O) groups is 1. The molecule has 150 heavy (non-hydrogen) atoms. The Hall–Kier alpha value is -0.650. The summed E-state index contributed by atoms with van der Waals surface area (Å²) >= 11 is 0. The molecule has 0 aliphatic rings. The third kappa shape index (κ3) is 250. The Labute approximate surface area is 956 Å². The largest absolute Gasteiger partial charge is 0.394 e. The van der Waals surface area contributed by atoms with E-state index >= 15 is 0 Å². The maximum Gasteiger partial charge on any atom is 0.151 e. The van der Waals surface area contributed by atoms with Crippen molar-refractivity contribution in [2.24, 2.45) is 0 Å². The van der Waals surface area contributed by atoms with E-state index in [0.717, 1.165) is 0 Å². The van der Waals surface area contributed by atoms with Crippen molar-refractivity contribution in [3.8, 4) is 0 Å². The first-order valence-electron chi connectivity index (χ1n) is 69.9. The number of carbonyl (C=O) groups excluding carboxylic acids is 1. The molecule has 0 aliphatic carbocycles. The number of aliphatic hydroxyl groups is 8. The predicted molar refractivity (Wildman–Crippen MR) is 694 cm³/mol. The van der Waals surface area contributed by atoms with Gasteiger partial charge in [0, 0.05) is 0 Å². The van der Waals surface area contributed by atoms with Crippen molar-refractivity contribution in [2.45, 2.75) is 891 Å². The molecule has 0 aromatic heterocycles. The van der Waals surface area contributed by atoms with E-state index in [1.807, 2.05) is 0 Å². The zero-order valence-corrected chi connectivity index (χ0v) is 111. The van der Waals surface area contributed by atoms with Gasteiger partial charge in [-0.1, -0.05) is 861 Å². The van der Waals surface area contributed by atoms with Crippen LogP contribution in [0.1, 0.15) is 861 Å². The molecule has 0 amide bonds. The number of hydrogen-bond donors (Lipinski definition) is 8. The molecule has 0 bridgehead atoms. The zero-order chi connectivity index (χ0) is 116. The van der Waals surface area contributed by atoms with Crippen molar-refractivity contribution in [3.05, 3.63) is 0 Å². The summed E-state index contributed by atoms with van der Waals surface area (Å²) in [6, 6.07) is 0. The van der Waals surface area contributed by atoms with Gasteiger partial charge in [-0.15, -0.1) is 0 Å². The fourth-order valence-electron chi connectivity index (χ4n) is 16.7. The molecule has 0 saturated heterocycles. The summed E-state index contributed by atoms with van der Waals surface area (Å²) in [5.74, 6) is 0. The molecule has 4 atom stereocenters. The average Bonchev–Trinajstić information content (AvgIpc) is 0.905. The summed E-state index contributed by atoms with van der Waals surface area (Å²) in [4.78, 5) is 9.90. The van der Waals surface area contributed by atoms with E-state index in [0.29, 0.717) is 0 Å². The molecule has 0 fully saturated rings. The molecule has 0 aliphatic heterocycles. The Morgan fingerprint density at radius 1 is 0.120 bits per heavy atom. The van der Waals surface area contributed by atoms with Crippen LogP contribution in [0.2, 0.25) is 0 Å². The number of unbranched alkanes of at least 4 members (excludes halogenated alkanes) is 93. The molecular formula is C141H310O9. The van der Waals surface area contributed by atoms with Crippen molar-refractivity contribution in [1.82, 2.24) is 0 Å². The summed E-state index contributed by atoms with van der Waals surface area (Å²) in [5.41, 5.74) is 0. The predicted octanol–water partition coefficient (Wildman–Crippen LogP) is 49.6. The summed E-state index contributed by atoms with van der Waals surface area (Å²) in [5, 5.41) is 67.6. The SMILES string of the molecule is CCCCCCCCCC.CCCCCCCCCC.CCCCCCCCCC.CCCCCCCCCC.CCCCCCCCCC.CCCCCCCCCC.CCCCCCCCCC.CCCCCCCCCC.CCCCCCCCCC.CCCCCCCCCC.CCCCCCCCCC.CCCCCCCCCC.CCCCCCCCCCCC.O=C[C@H](O)[C@@H](O)[C@H](O)[C@H](O)CO.OCC(O)CO. The number of aldehydes is 1. The first-order valence-corrected chi connectivity index (χ1v) is 69.9. The summed E-state index contributed by atoms with van der Waals surface area (Å²) in [6.07, 6.45) is 144. The van der Waals surface area contributed by atoms with E-state index in [4.69, 9.17) is 40.9 Å².